The monoisotopic (exact) mass is 248 g/mol. The van der Waals surface area contributed by atoms with Crippen LogP contribution in [0.15, 0.2) is 41.8 Å². The van der Waals surface area contributed by atoms with Gasteiger partial charge in [-0.1, -0.05) is 49.5 Å². The zero-order chi connectivity index (χ0) is 11.6. The number of hydrogen-bond donors (Lipinski definition) is 1. The molecule has 1 N–H and O–H groups in total. The molecule has 0 bridgehead atoms. The Kier molecular flexibility index (Phi) is 3.28. The highest BCUT2D eigenvalue weighted by molar-refractivity contribution is 7.28. The molecule has 0 spiro atoms. The van der Waals surface area contributed by atoms with E-state index in [1.807, 2.05) is 23.5 Å². The molecule has 1 nitrogen and oxygen atoms in total. The van der Waals surface area contributed by atoms with E-state index in [-0.39, 0.29) is 6.61 Å². The molecular formula is C13H16OSSi. The highest BCUT2D eigenvalue weighted by Gasteiger charge is 2.28. The molecule has 16 heavy (non-hydrogen) atoms. The fourth-order valence-electron chi connectivity index (χ4n) is 2.03. The van der Waals surface area contributed by atoms with Crippen LogP contribution in [-0.4, -0.2) is 13.2 Å². The molecule has 1 heterocycles. The first-order chi connectivity index (χ1) is 7.66. The zero-order valence-electron chi connectivity index (χ0n) is 9.60. The number of rotatable bonds is 3. The van der Waals surface area contributed by atoms with Crippen molar-refractivity contribution in [2.45, 2.75) is 19.7 Å². The lowest BCUT2D eigenvalue weighted by Crippen LogP contribution is -2.52. The SMILES string of the molecule is C[Si](C)(c1cccs1)c1ccccc1CO. The van der Waals surface area contributed by atoms with E-state index in [2.05, 4.69) is 42.7 Å². The van der Waals surface area contributed by atoms with Gasteiger partial charge in [-0.05, 0) is 20.6 Å². The Morgan fingerprint density at radius 1 is 1.12 bits per heavy atom. The van der Waals surface area contributed by atoms with Gasteiger partial charge in [-0.3, -0.25) is 0 Å². The number of aliphatic hydroxyl groups is 1. The topological polar surface area (TPSA) is 20.2 Å². The van der Waals surface area contributed by atoms with Gasteiger partial charge < -0.3 is 5.11 Å². The predicted molar refractivity (Wildman–Crippen MR) is 73.4 cm³/mol. The second-order valence-corrected chi connectivity index (χ2v) is 10.1. The Balaban J connectivity index is 2.51. The second-order valence-electron chi connectivity index (χ2n) is 4.42. The summed E-state index contributed by atoms with van der Waals surface area (Å²) in [7, 11) is -1.61. The molecule has 0 atom stereocenters. The molecule has 1 aromatic carbocycles. The van der Waals surface area contributed by atoms with E-state index in [0.29, 0.717) is 0 Å². The van der Waals surface area contributed by atoms with E-state index in [1.165, 1.54) is 9.69 Å². The Labute approximate surface area is 101 Å². The summed E-state index contributed by atoms with van der Waals surface area (Å²) < 4.78 is 1.47. The van der Waals surface area contributed by atoms with Crippen LogP contribution >= 0.6 is 11.3 Å². The van der Waals surface area contributed by atoms with E-state index in [0.717, 1.165) is 5.56 Å². The molecule has 0 unspecified atom stereocenters. The van der Waals surface area contributed by atoms with E-state index < -0.39 is 8.07 Å². The van der Waals surface area contributed by atoms with Gasteiger partial charge in [-0.15, -0.1) is 0 Å². The lowest BCUT2D eigenvalue weighted by atomic mass is 10.2. The van der Waals surface area contributed by atoms with Crippen LogP contribution in [0.2, 0.25) is 13.1 Å². The molecule has 0 saturated heterocycles. The van der Waals surface area contributed by atoms with Gasteiger partial charge in [-0.2, -0.15) is 11.3 Å². The third-order valence-electron chi connectivity index (χ3n) is 3.00. The molecule has 2 aromatic rings. The number of thiophene rings is 1. The first-order valence-corrected chi connectivity index (χ1v) is 9.27. The maximum Gasteiger partial charge on any atom is 0.125 e. The van der Waals surface area contributed by atoms with Crippen molar-refractivity contribution in [2.24, 2.45) is 0 Å². The molecule has 0 saturated carbocycles. The van der Waals surface area contributed by atoms with Crippen molar-refractivity contribution in [3.05, 3.63) is 47.3 Å². The lowest BCUT2D eigenvalue weighted by molar-refractivity contribution is 0.283. The number of aliphatic hydroxyl groups excluding tert-OH is 1. The maximum atomic E-state index is 9.40. The fourth-order valence-corrected chi connectivity index (χ4v) is 6.46. The molecule has 3 heteroatoms. The maximum absolute atomic E-state index is 9.40. The molecule has 1 aromatic heterocycles. The molecular weight excluding hydrogens is 232 g/mol. The Morgan fingerprint density at radius 2 is 1.88 bits per heavy atom. The van der Waals surface area contributed by atoms with Crippen molar-refractivity contribution >= 4 is 29.1 Å². The highest BCUT2D eigenvalue weighted by Crippen LogP contribution is 2.11. The van der Waals surface area contributed by atoms with Crippen molar-refractivity contribution in [2.75, 3.05) is 0 Å². The standard InChI is InChI=1S/C13H16OSSi/c1-16(2,13-8-5-9-15-13)12-7-4-3-6-11(12)10-14/h3-9,14H,10H2,1-2H3. The van der Waals surface area contributed by atoms with Crippen LogP contribution < -0.4 is 9.69 Å². The average Bonchev–Trinajstić information content (AvgIpc) is 2.83. The van der Waals surface area contributed by atoms with Gasteiger partial charge >= 0.3 is 0 Å². The molecule has 0 aliphatic heterocycles. The third-order valence-corrected chi connectivity index (χ3v) is 8.80. The van der Waals surface area contributed by atoms with Crippen LogP contribution in [0.5, 0.6) is 0 Å². The minimum atomic E-state index is -1.61. The third kappa shape index (κ3) is 1.98. The fraction of sp³-hybridized carbons (Fsp3) is 0.231. The molecule has 84 valence electrons. The summed E-state index contributed by atoms with van der Waals surface area (Å²) in [5, 5.41) is 12.9. The second kappa shape index (κ2) is 4.53. The van der Waals surface area contributed by atoms with E-state index in [1.54, 1.807) is 0 Å². The van der Waals surface area contributed by atoms with Crippen LogP contribution in [0.1, 0.15) is 5.56 Å². The van der Waals surface area contributed by atoms with Crippen LogP contribution in [0.25, 0.3) is 0 Å². The van der Waals surface area contributed by atoms with Crippen molar-refractivity contribution in [3.8, 4) is 0 Å². The Hall–Kier alpha value is -0.903. The Morgan fingerprint density at radius 3 is 2.50 bits per heavy atom. The molecule has 0 aliphatic carbocycles. The molecule has 0 radical (unpaired) electrons. The molecule has 0 aliphatic rings. The van der Waals surface area contributed by atoms with E-state index in [9.17, 15) is 5.11 Å². The van der Waals surface area contributed by atoms with Crippen molar-refractivity contribution < 1.29 is 5.11 Å². The number of hydrogen-bond acceptors (Lipinski definition) is 2. The summed E-state index contributed by atoms with van der Waals surface area (Å²) in [4.78, 5) is 0. The summed E-state index contributed by atoms with van der Waals surface area (Å²) in [6, 6.07) is 12.6. The van der Waals surface area contributed by atoms with Gasteiger partial charge in [0.05, 0.1) is 6.61 Å². The lowest BCUT2D eigenvalue weighted by Gasteiger charge is -2.24. The Bertz CT molecular complexity index is 463. The van der Waals surface area contributed by atoms with Crippen LogP contribution in [0.3, 0.4) is 0 Å². The van der Waals surface area contributed by atoms with Crippen molar-refractivity contribution in [3.63, 3.8) is 0 Å². The smallest absolute Gasteiger partial charge is 0.125 e. The van der Waals surface area contributed by atoms with Gasteiger partial charge in [0, 0.05) is 0 Å². The number of benzene rings is 1. The predicted octanol–water partition coefficient (Wildman–Crippen LogP) is 2.06. The van der Waals surface area contributed by atoms with E-state index >= 15 is 0 Å². The minimum absolute atomic E-state index is 0.137. The largest absolute Gasteiger partial charge is 0.392 e. The van der Waals surface area contributed by atoms with Crippen molar-refractivity contribution in [1.82, 2.24) is 0 Å². The van der Waals surface area contributed by atoms with Gasteiger partial charge in [0.15, 0.2) is 0 Å². The minimum Gasteiger partial charge on any atom is -0.392 e. The summed E-state index contributed by atoms with van der Waals surface area (Å²) in [6.45, 7) is 4.82. The summed E-state index contributed by atoms with van der Waals surface area (Å²) in [6.07, 6.45) is 0. The highest BCUT2D eigenvalue weighted by atomic mass is 32.1. The van der Waals surface area contributed by atoms with E-state index in [4.69, 9.17) is 0 Å². The van der Waals surface area contributed by atoms with Crippen LogP contribution in [-0.2, 0) is 6.61 Å². The quantitative estimate of drug-likeness (QED) is 0.825. The molecule has 2 rings (SSSR count). The first-order valence-electron chi connectivity index (χ1n) is 5.39. The summed E-state index contributed by atoms with van der Waals surface area (Å²) in [5.41, 5.74) is 1.08. The van der Waals surface area contributed by atoms with Gasteiger partial charge in [0.2, 0.25) is 0 Å². The van der Waals surface area contributed by atoms with Crippen molar-refractivity contribution in [1.29, 1.82) is 0 Å². The summed E-state index contributed by atoms with van der Waals surface area (Å²) >= 11 is 1.82. The van der Waals surface area contributed by atoms with Gasteiger partial charge in [-0.25, -0.2) is 0 Å². The van der Waals surface area contributed by atoms with Gasteiger partial charge in [0.1, 0.15) is 8.07 Å². The van der Waals surface area contributed by atoms with Crippen LogP contribution in [0, 0.1) is 0 Å². The molecule has 0 amide bonds. The average molecular weight is 248 g/mol. The first kappa shape index (κ1) is 11.6. The normalized spacial score (nSPS) is 11.7. The summed E-state index contributed by atoms with van der Waals surface area (Å²) in [5.74, 6) is 0. The zero-order valence-corrected chi connectivity index (χ0v) is 11.4. The molecule has 0 fully saturated rings. The van der Waals surface area contributed by atoms with Crippen LogP contribution in [0.4, 0.5) is 0 Å². The van der Waals surface area contributed by atoms with Gasteiger partial charge in [0.25, 0.3) is 0 Å².